The Morgan fingerprint density at radius 1 is 1.18 bits per heavy atom. The van der Waals surface area contributed by atoms with E-state index < -0.39 is 0 Å². The molecule has 1 atom stereocenters. The highest BCUT2D eigenvalue weighted by atomic mass is 16.3. The molecule has 2 heteroatoms. The molecule has 0 saturated heterocycles. The smallest absolute Gasteiger partial charge is 0.0538 e. The van der Waals surface area contributed by atoms with E-state index >= 15 is 0 Å². The zero-order chi connectivity index (χ0) is 12.7. The summed E-state index contributed by atoms with van der Waals surface area (Å²) in [6, 6.07) is 0.802. The van der Waals surface area contributed by atoms with Crippen molar-refractivity contribution in [1.82, 2.24) is 4.90 Å². The van der Waals surface area contributed by atoms with Crippen LogP contribution < -0.4 is 0 Å². The second kappa shape index (κ2) is 8.10. The molecular formula is C15H31NO. The van der Waals surface area contributed by atoms with Crippen LogP contribution in [-0.4, -0.2) is 35.7 Å². The van der Waals surface area contributed by atoms with Gasteiger partial charge in [-0.25, -0.2) is 0 Å². The van der Waals surface area contributed by atoms with E-state index in [-0.39, 0.29) is 6.10 Å². The molecule has 1 saturated carbocycles. The van der Waals surface area contributed by atoms with Gasteiger partial charge in [0.15, 0.2) is 0 Å². The van der Waals surface area contributed by atoms with E-state index in [1.807, 2.05) is 0 Å². The minimum atomic E-state index is -0.0840. The van der Waals surface area contributed by atoms with E-state index in [9.17, 15) is 5.11 Å². The first kappa shape index (κ1) is 15.0. The molecule has 17 heavy (non-hydrogen) atoms. The summed E-state index contributed by atoms with van der Waals surface area (Å²) in [4.78, 5) is 2.52. The van der Waals surface area contributed by atoms with Gasteiger partial charge in [-0.05, 0) is 64.5 Å². The highest BCUT2D eigenvalue weighted by Gasteiger charge is 2.22. The van der Waals surface area contributed by atoms with Crippen LogP contribution in [-0.2, 0) is 0 Å². The summed E-state index contributed by atoms with van der Waals surface area (Å²) in [6.07, 6.45) is 9.87. The van der Waals surface area contributed by atoms with E-state index in [4.69, 9.17) is 0 Å². The SMILES string of the molecule is CCC(O)CCCN(C)C1CCC(CC)CC1. The predicted molar refractivity (Wildman–Crippen MR) is 74.2 cm³/mol. The summed E-state index contributed by atoms with van der Waals surface area (Å²) in [6.45, 7) is 5.53. The minimum Gasteiger partial charge on any atom is -0.393 e. The summed E-state index contributed by atoms with van der Waals surface area (Å²) < 4.78 is 0. The van der Waals surface area contributed by atoms with Crippen LogP contribution in [0.2, 0.25) is 0 Å². The maximum absolute atomic E-state index is 9.53. The molecule has 1 N–H and O–H groups in total. The molecule has 2 nitrogen and oxygen atoms in total. The lowest BCUT2D eigenvalue weighted by Crippen LogP contribution is -2.36. The molecule has 0 aromatic heterocycles. The van der Waals surface area contributed by atoms with Gasteiger partial charge in [0.25, 0.3) is 0 Å². The molecule has 1 unspecified atom stereocenters. The molecule has 0 bridgehead atoms. The molecule has 1 aliphatic rings. The van der Waals surface area contributed by atoms with Crippen molar-refractivity contribution in [3.63, 3.8) is 0 Å². The quantitative estimate of drug-likeness (QED) is 0.738. The molecule has 0 heterocycles. The van der Waals surface area contributed by atoms with Gasteiger partial charge in [0.2, 0.25) is 0 Å². The van der Waals surface area contributed by atoms with Crippen LogP contribution in [0.3, 0.4) is 0 Å². The van der Waals surface area contributed by atoms with Crippen molar-refractivity contribution < 1.29 is 5.11 Å². The molecule has 0 aromatic rings. The van der Waals surface area contributed by atoms with E-state index in [1.54, 1.807) is 0 Å². The molecule has 1 fully saturated rings. The molecule has 0 radical (unpaired) electrons. The number of nitrogens with zero attached hydrogens (tertiary/aromatic N) is 1. The van der Waals surface area contributed by atoms with E-state index in [1.165, 1.54) is 32.1 Å². The Bertz CT molecular complexity index is 187. The fourth-order valence-corrected chi connectivity index (χ4v) is 2.96. The Hall–Kier alpha value is -0.0800. The highest BCUT2D eigenvalue weighted by Crippen LogP contribution is 2.28. The van der Waals surface area contributed by atoms with Gasteiger partial charge in [0.1, 0.15) is 0 Å². The van der Waals surface area contributed by atoms with Crippen molar-refractivity contribution in [2.45, 2.75) is 77.4 Å². The summed E-state index contributed by atoms with van der Waals surface area (Å²) in [5, 5.41) is 9.53. The fraction of sp³-hybridized carbons (Fsp3) is 1.00. The van der Waals surface area contributed by atoms with Crippen LogP contribution >= 0.6 is 0 Å². The second-order valence-electron chi connectivity index (χ2n) is 5.77. The van der Waals surface area contributed by atoms with Gasteiger partial charge in [-0.2, -0.15) is 0 Å². The van der Waals surface area contributed by atoms with Gasteiger partial charge in [0.05, 0.1) is 6.10 Å². The van der Waals surface area contributed by atoms with Crippen molar-refractivity contribution in [3.8, 4) is 0 Å². The Balaban J connectivity index is 2.13. The van der Waals surface area contributed by atoms with E-state index in [0.717, 1.165) is 37.8 Å². The van der Waals surface area contributed by atoms with Crippen molar-refractivity contribution in [2.75, 3.05) is 13.6 Å². The zero-order valence-electron chi connectivity index (χ0n) is 12.0. The largest absolute Gasteiger partial charge is 0.393 e. The molecule has 0 aliphatic heterocycles. The minimum absolute atomic E-state index is 0.0840. The Morgan fingerprint density at radius 2 is 1.82 bits per heavy atom. The van der Waals surface area contributed by atoms with Gasteiger partial charge >= 0.3 is 0 Å². The molecular weight excluding hydrogens is 210 g/mol. The second-order valence-corrected chi connectivity index (χ2v) is 5.77. The number of aliphatic hydroxyl groups is 1. The van der Waals surface area contributed by atoms with Crippen molar-refractivity contribution in [2.24, 2.45) is 5.92 Å². The molecule has 0 amide bonds. The topological polar surface area (TPSA) is 23.5 Å². The molecule has 102 valence electrons. The molecule has 0 aromatic carbocycles. The van der Waals surface area contributed by atoms with Crippen molar-refractivity contribution >= 4 is 0 Å². The van der Waals surface area contributed by atoms with Gasteiger partial charge in [0, 0.05) is 6.04 Å². The maximum atomic E-state index is 9.53. The number of hydrogen-bond acceptors (Lipinski definition) is 2. The molecule has 0 spiro atoms. The number of rotatable bonds is 7. The third kappa shape index (κ3) is 5.39. The highest BCUT2D eigenvalue weighted by molar-refractivity contribution is 4.77. The predicted octanol–water partition coefficient (Wildman–Crippen LogP) is 3.44. The lowest BCUT2D eigenvalue weighted by atomic mass is 9.84. The Kier molecular flexibility index (Phi) is 7.14. The normalized spacial score (nSPS) is 27.4. The van der Waals surface area contributed by atoms with Crippen LogP contribution in [0.25, 0.3) is 0 Å². The third-order valence-corrected chi connectivity index (χ3v) is 4.54. The lowest BCUT2D eigenvalue weighted by molar-refractivity contribution is 0.133. The van der Waals surface area contributed by atoms with Crippen LogP contribution in [0.1, 0.15) is 65.2 Å². The van der Waals surface area contributed by atoms with Crippen LogP contribution in [0, 0.1) is 5.92 Å². The monoisotopic (exact) mass is 241 g/mol. The Morgan fingerprint density at radius 3 is 2.35 bits per heavy atom. The average molecular weight is 241 g/mol. The average Bonchev–Trinajstić information content (AvgIpc) is 2.38. The van der Waals surface area contributed by atoms with E-state index in [0.29, 0.717) is 0 Å². The summed E-state index contributed by atoms with van der Waals surface area (Å²) >= 11 is 0. The van der Waals surface area contributed by atoms with Crippen molar-refractivity contribution in [1.29, 1.82) is 0 Å². The fourth-order valence-electron chi connectivity index (χ4n) is 2.96. The van der Waals surface area contributed by atoms with Gasteiger partial charge in [-0.15, -0.1) is 0 Å². The van der Waals surface area contributed by atoms with Gasteiger partial charge < -0.3 is 10.0 Å². The van der Waals surface area contributed by atoms with Crippen LogP contribution in [0.15, 0.2) is 0 Å². The Labute approximate surface area is 107 Å². The molecule has 1 rings (SSSR count). The third-order valence-electron chi connectivity index (χ3n) is 4.54. The van der Waals surface area contributed by atoms with Gasteiger partial charge in [-0.3, -0.25) is 0 Å². The summed E-state index contributed by atoms with van der Waals surface area (Å²) in [5.41, 5.74) is 0. The van der Waals surface area contributed by atoms with Gasteiger partial charge in [-0.1, -0.05) is 20.3 Å². The first-order valence-corrected chi connectivity index (χ1v) is 7.55. The van der Waals surface area contributed by atoms with E-state index in [2.05, 4.69) is 25.8 Å². The van der Waals surface area contributed by atoms with Crippen LogP contribution in [0.4, 0.5) is 0 Å². The molecule has 1 aliphatic carbocycles. The standard InChI is InChI=1S/C15H31NO/c1-4-13-8-10-14(11-9-13)16(3)12-6-7-15(17)5-2/h13-15,17H,4-12H2,1-3H3. The lowest BCUT2D eigenvalue weighted by Gasteiger charge is -2.34. The van der Waals surface area contributed by atoms with Crippen molar-refractivity contribution in [3.05, 3.63) is 0 Å². The first-order valence-electron chi connectivity index (χ1n) is 7.55. The zero-order valence-corrected chi connectivity index (χ0v) is 12.0. The first-order chi connectivity index (χ1) is 8.17. The van der Waals surface area contributed by atoms with Crippen LogP contribution in [0.5, 0.6) is 0 Å². The maximum Gasteiger partial charge on any atom is 0.0538 e. The summed E-state index contributed by atoms with van der Waals surface area (Å²) in [7, 11) is 2.26. The number of aliphatic hydroxyl groups excluding tert-OH is 1. The number of hydrogen-bond donors (Lipinski definition) is 1. The summed E-state index contributed by atoms with van der Waals surface area (Å²) in [5.74, 6) is 0.988.